The van der Waals surface area contributed by atoms with Crippen LogP contribution in [0.2, 0.25) is 0 Å². The highest BCUT2D eigenvalue weighted by molar-refractivity contribution is 7.98. The third-order valence-corrected chi connectivity index (χ3v) is 3.61. The van der Waals surface area contributed by atoms with Gasteiger partial charge >= 0.3 is 0 Å². The molecule has 1 N–H and O–H groups in total. The average molecular weight is 310 g/mol. The number of aromatic nitrogens is 5. The van der Waals surface area contributed by atoms with Gasteiger partial charge < -0.3 is 4.98 Å². The van der Waals surface area contributed by atoms with Gasteiger partial charge in [-0.15, -0.1) is 5.10 Å². The summed E-state index contributed by atoms with van der Waals surface area (Å²) in [6.07, 6.45) is 5.12. The molecule has 0 saturated heterocycles. The number of rotatable bonds is 3. The topological polar surface area (TPSA) is 100 Å². The minimum atomic E-state index is -0.433. The first kappa shape index (κ1) is 14.0. The van der Waals surface area contributed by atoms with Gasteiger partial charge in [-0.3, -0.25) is 4.79 Å². The van der Waals surface area contributed by atoms with Crippen LogP contribution >= 0.6 is 11.8 Å². The number of nitrogens with zero attached hydrogens (tertiary/aromatic N) is 5. The van der Waals surface area contributed by atoms with E-state index in [0.717, 1.165) is 5.69 Å². The fourth-order valence-corrected chi connectivity index (χ4v) is 2.36. The molecule has 0 saturated carbocycles. The molecule has 2 aromatic heterocycles. The van der Waals surface area contributed by atoms with E-state index in [0.29, 0.717) is 16.4 Å². The smallest absolute Gasteiger partial charge is 0.270 e. The van der Waals surface area contributed by atoms with Crippen molar-refractivity contribution in [3.8, 4) is 23.0 Å². The molecular weight excluding hydrogens is 300 g/mol. The van der Waals surface area contributed by atoms with Crippen LogP contribution in [0.1, 0.15) is 5.56 Å². The highest BCUT2D eigenvalue weighted by Crippen LogP contribution is 2.22. The standard InChI is InChI=1S/C14H10N6OS/c1-22-14-17-12(11(8-15)13(21)18-14)9-2-4-10(5-3-9)20-7-6-16-19-20/h2-7H,1H3,(H,17,18,21). The molecule has 0 atom stereocenters. The third-order valence-electron chi connectivity index (χ3n) is 3.03. The third kappa shape index (κ3) is 2.49. The minimum absolute atomic E-state index is 0.00584. The van der Waals surface area contributed by atoms with E-state index < -0.39 is 5.56 Å². The van der Waals surface area contributed by atoms with Crippen LogP contribution in [-0.4, -0.2) is 31.2 Å². The largest absolute Gasteiger partial charge is 0.300 e. The highest BCUT2D eigenvalue weighted by Gasteiger charge is 2.13. The van der Waals surface area contributed by atoms with Crippen LogP contribution in [0.5, 0.6) is 0 Å². The van der Waals surface area contributed by atoms with E-state index in [2.05, 4.69) is 20.3 Å². The van der Waals surface area contributed by atoms with Gasteiger partial charge in [-0.05, 0) is 18.4 Å². The van der Waals surface area contributed by atoms with Crippen molar-refractivity contribution in [2.45, 2.75) is 5.16 Å². The zero-order valence-corrected chi connectivity index (χ0v) is 12.3. The monoisotopic (exact) mass is 310 g/mol. The molecule has 0 amide bonds. The summed E-state index contributed by atoms with van der Waals surface area (Å²) in [5.74, 6) is 0. The summed E-state index contributed by atoms with van der Waals surface area (Å²) in [7, 11) is 0. The molecule has 3 rings (SSSR count). The first-order chi connectivity index (χ1) is 10.7. The first-order valence-corrected chi connectivity index (χ1v) is 7.51. The summed E-state index contributed by atoms with van der Waals surface area (Å²) < 4.78 is 1.62. The van der Waals surface area contributed by atoms with Gasteiger partial charge in [-0.1, -0.05) is 29.1 Å². The van der Waals surface area contributed by atoms with Crippen LogP contribution in [0.4, 0.5) is 0 Å². The maximum absolute atomic E-state index is 11.9. The van der Waals surface area contributed by atoms with Crippen molar-refractivity contribution in [1.82, 2.24) is 25.0 Å². The molecule has 2 heterocycles. The van der Waals surface area contributed by atoms with Gasteiger partial charge in [0.05, 0.1) is 23.8 Å². The molecular formula is C14H10N6OS. The Balaban J connectivity index is 2.10. The molecule has 1 aromatic carbocycles. The van der Waals surface area contributed by atoms with Crippen LogP contribution in [0.25, 0.3) is 16.9 Å². The average Bonchev–Trinajstić information content (AvgIpc) is 3.08. The predicted octanol–water partition coefficient (Wildman–Crippen LogP) is 1.61. The highest BCUT2D eigenvalue weighted by atomic mass is 32.2. The van der Waals surface area contributed by atoms with Crippen molar-refractivity contribution >= 4 is 11.8 Å². The van der Waals surface area contributed by atoms with Crippen LogP contribution in [0, 0.1) is 11.3 Å². The Hall–Kier alpha value is -2.92. The Morgan fingerprint density at radius 3 is 2.68 bits per heavy atom. The van der Waals surface area contributed by atoms with E-state index in [9.17, 15) is 10.1 Å². The lowest BCUT2D eigenvalue weighted by Gasteiger charge is -2.06. The molecule has 3 aromatic rings. The van der Waals surface area contributed by atoms with Crippen molar-refractivity contribution in [2.75, 3.05) is 6.26 Å². The van der Waals surface area contributed by atoms with E-state index in [-0.39, 0.29) is 5.56 Å². The van der Waals surface area contributed by atoms with Crippen molar-refractivity contribution < 1.29 is 0 Å². The van der Waals surface area contributed by atoms with Crippen LogP contribution in [0.15, 0.2) is 46.6 Å². The second-order valence-electron chi connectivity index (χ2n) is 4.31. The number of benzene rings is 1. The van der Waals surface area contributed by atoms with Crippen LogP contribution < -0.4 is 5.56 Å². The normalized spacial score (nSPS) is 10.4. The molecule has 7 nitrogen and oxygen atoms in total. The summed E-state index contributed by atoms with van der Waals surface area (Å²) >= 11 is 1.31. The summed E-state index contributed by atoms with van der Waals surface area (Å²) in [5.41, 5.74) is 1.47. The Kier molecular flexibility index (Phi) is 3.72. The molecule has 0 bridgehead atoms. The van der Waals surface area contributed by atoms with Gasteiger partial charge in [0.25, 0.3) is 5.56 Å². The zero-order chi connectivity index (χ0) is 15.5. The van der Waals surface area contributed by atoms with E-state index in [1.165, 1.54) is 11.8 Å². The maximum atomic E-state index is 11.9. The van der Waals surface area contributed by atoms with Crippen molar-refractivity contribution in [1.29, 1.82) is 5.26 Å². The molecule has 0 spiro atoms. The lowest BCUT2D eigenvalue weighted by atomic mass is 10.1. The molecule has 0 aliphatic rings. The fourth-order valence-electron chi connectivity index (χ4n) is 1.98. The number of H-pyrrole nitrogens is 1. The SMILES string of the molecule is CSc1nc(-c2ccc(-n3ccnn3)cc2)c(C#N)c(=O)[nH]1. The van der Waals surface area contributed by atoms with Crippen molar-refractivity contribution in [3.05, 3.63) is 52.6 Å². The summed E-state index contributed by atoms with van der Waals surface area (Å²) in [4.78, 5) is 18.8. The summed E-state index contributed by atoms with van der Waals surface area (Å²) in [5, 5.41) is 17.3. The molecule has 0 fully saturated rings. The lowest BCUT2D eigenvalue weighted by Crippen LogP contribution is -2.14. The van der Waals surface area contributed by atoms with Gasteiger partial charge in [-0.2, -0.15) is 5.26 Å². The van der Waals surface area contributed by atoms with Gasteiger partial charge in [0.15, 0.2) is 5.16 Å². The van der Waals surface area contributed by atoms with Crippen molar-refractivity contribution in [3.63, 3.8) is 0 Å². The number of nitrogens with one attached hydrogen (secondary N) is 1. The number of nitriles is 1. The molecule has 0 unspecified atom stereocenters. The second kappa shape index (κ2) is 5.83. The number of thioether (sulfide) groups is 1. The summed E-state index contributed by atoms with van der Waals surface area (Å²) in [6.45, 7) is 0. The van der Waals surface area contributed by atoms with Gasteiger partial charge in [0.2, 0.25) is 0 Å². The molecule has 0 aliphatic heterocycles. The Labute approximate surface area is 129 Å². The lowest BCUT2D eigenvalue weighted by molar-refractivity contribution is 0.803. The van der Waals surface area contributed by atoms with Crippen LogP contribution in [-0.2, 0) is 0 Å². The van der Waals surface area contributed by atoms with Gasteiger partial charge in [0.1, 0.15) is 11.6 Å². The van der Waals surface area contributed by atoms with Crippen LogP contribution in [0.3, 0.4) is 0 Å². The first-order valence-electron chi connectivity index (χ1n) is 6.28. The van der Waals surface area contributed by atoms with Crippen molar-refractivity contribution in [2.24, 2.45) is 0 Å². The zero-order valence-electron chi connectivity index (χ0n) is 11.5. The van der Waals surface area contributed by atoms with E-state index in [1.54, 1.807) is 29.2 Å². The van der Waals surface area contributed by atoms with Gasteiger partial charge in [0, 0.05) is 5.56 Å². The second-order valence-corrected chi connectivity index (χ2v) is 5.10. The number of aromatic amines is 1. The Morgan fingerprint density at radius 1 is 1.32 bits per heavy atom. The van der Waals surface area contributed by atoms with Gasteiger partial charge in [-0.25, -0.2) is 9.67 Å². The minimum Gasteiger partial charge on any atom is -0.300 e. The summed E-state index contributed by atoms with van der Waals surface area (Å²) in [6, 6.07) is 9.16. The fraction of sp³-hybridized carbons (Fsp3) is 0.0714. The van der Waals surface area contributed by atoms with E-state index in [4.69, 9.17) is 0 Å². The quantitative estimate of drug-likeness (QED) is 0.582. The molecule has 22 heavy (non-hydrogen) atoms. The molecule has 0 aliphatic carbocycles. The Morgan fingerprint density at radius 2 is 2.09 bits per heavy atom. The predicted molar refractivity (Wildman–Crippen MR) is 81.7 cm³/mol. The Bertz CT molecular complexity index is 893. The van der Waals surface area contributed by atoms with E-state index >= 15 is 0 Å². The van der Waals surface area contributed by atoms with E-state index in [1.807, 2.05) is 24.5 Å². The molecule has 0 radical (unpaired) electrons. The molecule has 8 heteroatoms. The number of hydrogen-bond acceptors (Lipinski definition) is 6. The maximum Gasteiger partial charge on any atom is 0.270 e. The number of hydrogen-bond donors (Lipinski definition) is 1. The molecule has 108 valence electrons.